The van der Waals surface area contributed by atoms with Crippen molar-refractivity contribution in [3.63, 3.8) is 0 Å². The number of urea groups is 1. The van der Waals surface area contributed by atoms with Crippen molar-refractivity contribution in [1.82, 2.24) is 15.1 Å². The summed E-state index contributed by atoms with van der Waals surface area (Å²) in [5.74, 6) is -0.457. The first-order valence-electron chi connectivity index (χ1n) is 7.34. The molecule has 0 radical (unpaired) electrons. The van der Waals surface area contributed by atoms with Crippen LogP contribution in [0, 0.1) is 11.3 Å². The van der Waals surface area contributed by atoms with E-state index in [9.17, 15) is 14.7 Å². The number of ether oxygens (including phenoxy) is 1. The minimum Gasteiger partial charge on any atom is -0.481 e. The van der Waals surface area contributed by atoms with Crippen LogP contribution in [0.25, 0.3) is 0 Å². The van der Waals surface area contributed by atoms with Gasteiger partial charge < -0.3 is 25.0 Å². The highest BCUT2D eigenvalue weighted by Gasteiger charge is 2.47. The van der Waals surface area contributed by atoms with E-state index >= 15 is 0 Å². The van der Waals surface area contributed by atoms with Gasteiger partial charge in [0.1, 0.15) is 5.41 Å². The molecule has 2 aliphatic rings. The molecule has 120 valence electrons. The number of hydrogen-bond acceptors (Lipinski definition) is 4. The molecule has 7 heteroatoms. The van der Waals surface area contributed by atoms with Crippen LogP contribution in [0.2, 0.25) is 0 Å². The molecular formula is C14H25N3O4. The summed E-state index contributed by atoms with van der Waals surface area (Å²) in [6.07, 6.45) is 1.09. The Morgan fingerprint density at radius 3 is 2.81 bits per heavy atom. The van der Waals surface area contributed by atoms with E-state index in [2.05, 4.69) is 17.3 Å². The molecule has 3 atom stereocenters. The van der Waals surface area contributed by atoms with Gasteiger partial charge in [-0.1, -0.05) is 0 Å². The summed E-state index contributed by atoms with van der Waals surface area (Å²) >= 11 is 0. The van der Waals surface area contributed by atoms with Crippen LogP contribution in [0.4, 0.5) is 4.79 Å². The minimum absolute atomic E-state index is 0.129. The molecule has 2 aliphatic heterocycles. The number of carbonyl (C=O) groups is 2. The van der Waals surface area contributed by atoms with Gasteiger partial charge in [0, 0.05) is 20.1 Å². The molecule has 0 bridgehead atoms. The first-order chi connectivity index (χ1) is 9.83. The van der Waals surface area contributed by atoms with Crippen LogP contribution in [0.5, 0.6) is 0 Å². The van der Waals surface area contributed by atoms with Crippen molar-refractivity contribution in [3.8, 4) is 0 Å². The predicted octanol–water partition coefficient (Wildman–Crippen LogP) is 0.0692. The monoisotopic (exact) mass is 299 g/mol. The molecular weight excluding hydrogens is 274 g/mol. The summed E-state index contributed by atoms with van der Waals surface area (Å²) in [4.78, 5) is 27.5. The topological polar surface area (TPSA) is 82.1 Å². The lowest BCUT2D eigenvalue weighted by Gasteiger charge is -2.28. The molecule has 0 aliphatic carbocycles. The third kappa shape index (κ3) is 3.47. The highest BCUT2D eigenvalue weighted by Crippen LogP contribution is 2.28. The number of amides is 2. The molecule has 0 saturated carbocycles. The molecule has 2 fully saturated rings. The molecule has 2 N–H and O–H groups in total. The van der Waals surface area contributed by atoms with E-state index in [0.717, 1.165) is 19.5 Å². The van der Waals surface area contributed by atoms with Crippen LogP contribution in [0.1, 0.15) is 13.3 Å². The number of carboxylic acids is 1. The Kier molecular flexibility index (Phi) is 4.73. The largest absolute Gasteiger partial charge is 0.481 e. The predicted molar refractivity (Wildman–Crippen MR) is 77.1 cm³/mol. The van der Waals surface area contributed by atoms with Crippen molar-refractivity contribution in [2.75, 3.05) is 46.9 Å². The van der Waals surface area contributed by atoms with E-state index in [-0.39, 0.29) is 19.2 Å². The van der Waals surface area contributed by atoms with Gasteiger partial charge in [0.2, 0.25) is 0 Å². The van der Waals surface area contributed by atoms with Gasteiger partial charge in [0.05, 0.1) is 19.3 Å². The Balaban J connectivity index is 1.87. The van der Waals surface area contributed by atoms with Crippen LogP contribution in [-0.4, -0.2) is 79.9 Å². The molecule has 3 unspecified atom stereocenters. The van der Waals surface area contributed by atoms with Crippen molar-refractivity contribution >= 4 is 12.0 Å². The Labute approximate surface area is 125 Å². The Hall–Kier alpha value is -1.34. The van der Waals surface area contributed by atoms with Crippen LogP contribution in [0.15, 0.2) is 0 Å². The quantitative estimate of drug-likeness (QED) is 0.767. The first-order valence-corrected chi connectivity index (χ1v) is 7.34. The fraction of sp³-hybridized carbons (Fsp3) is 0.857. The third-order valence-corrected chi connectivity index (χ3v) is 4.61. The number of likely N-dealkylation sites (tertiary alicyclic amines) is 1. The molecule has 2 saturated heterocycles. The second-order valence-corrected chi connectivity index (χ2v) is 6.54. The van der Waals surface area contributed by atoms with Gasteiger partial charge in [-0.3, -0.25) is 4.79 Å². The molecule has 2 heterocycles. The van der Waals surface area contributed by atoms with Gasteiger partial charge >= 0.3 is 12.0 Å². The van der Waals surface area contributed by atoms with Crippen molar-refractivity contribution in [2.24, 2.45) is 11.3 Å². The Morgan fingerprint density at radius 2 is 2.24 bits per heavy atom. The SMILES string of the molecule is CN1CCC(CN(C)C(=O)NC2COCC2(C)C(=O)O)C1. The molecule has 21 heavy (non-hydrogen) atoms. The molecule has 2 amide bonds. The number of aliphatic carboxylic acids is 1. The lowest BCUT2D eigenvalue weighted by Crippen LogP contribution is -2.53. The zero-order valence-electron chi connectivity index (χ0n) is 13.0. The zero-order chi connectivity index (χ0) is 15.6. The van der Waals surface area contributed by atoms with Crippen molar-refractivity contribution in [2.45, 2.75) is 19.4 Å². The van der Waals surface area contributed by atoms with E-state index in [0.29, 0.717) is 12.5 Å². The smallest absolute Gasteiger partial charge is 0.317 e. The molecule has 0 aromatic rings. The highest BCUT2D eigenvalue weighted by atomic mass is 16.5. The maximum absolute atomic E-state index is 12.2. The third-order valence-electron chi connectivity index (χ3n) is 4.61. The van der Waals surface area contributed by atoms with Gasteiger partial charge in [-0.15, -0.1) is 0 Å². The van der Waals surface area contributed by atoms with Crippen molar-refractivity contribution in [1.29, 1.82) is 0 Å². The lowest BCUT2D eigenvalue weighted by atomic mass is 9.85. The average Bonchev–Trinajstić information content (AvgIpc) is 2.97. The van der Waals surface area contributed by atoms with E-state index in [1.165, 1.54) is 0 Å². The summed E-state index contributed by atoms with van der Waals surface area (Å²) < 4.78 is 5.24. The summed E-state index contributed by atoms with van der Waals surface area (Å²) in [5, 5.41) is 12.1. The zero-order valence-corrected chi connectivity index (χ0v) is 13.0. The number of rotatable bonds is 4. The summed E-state index contributed by atoms with van der Waals surface area (Å²) in [7, 11) is 3.83. The van der Waals surface area contributed by atoms with Gasteiger partial charge in [-0.2, -0.15) is 0 Å². The number of nitrogens with one attached hydrogen (secondary N) is 1. The van der Waals surface area contributed by atoms with Crippen molar-refractivity contribution in [3.05, 3.63) is 0 Å². The molecule has 0 aromatic heterocycles. The Morgan fingerprint density at radius 1 is 1.52 bits per heavy atom. The van der Waals surface area contributed by atoms with Crippen LogP contribution < -0.4 is 5.32 Å². The fourth-order valence-electron chi connectivity index (χ4n) is 2.99. The maximum atomic E-state index is 12.2. The van der Waals surface area contributed by atoms with E-state index in [1.54, 1.807) is 18.9 Å². The van der Waals surface area contributed by atoms with E-state index < -0.39 is 17.4 Å². The maximum Gasteiger partial charge on any atom is 0.317 e. The van der Waals surface area contributed by atoms with E-state index in [4.69, 9.17) is 4.74 Å². The molecule has 2 rings (SSSR count). The van der Waals surface area contributed by atoms with Gasteiger partial charge in [-0.05, 0) is 32.9 Å². The van der Waals surface area contributed by atoms with Gasteiger partial charge in [0.25, 0.3) is 0 Å². The molecule has 0 aromatic carbocycles. The fourth-order valence-corrected chi connectivity index (χ4v) is 2.99. The molecule has 0 spiro atoms. The highest BCUT2D eigenvalue weighted by molar-refractivity contribution is 5.79. The van der Waals surface area contributed by atoms with Crippen LogP contribution in [-0.2, 0) is 9.53 Å². The van der Waals surface area contributed by atoms with Gasteiger partial charge in [0.15, 0.2) is 0 Å². The van der Waals surface area contributed by atoms with Crippen LogP contribution in [0.3, 0.4) is 0 Å². The second-order valence-electron chi connectivity index (χ2n) is 6.54. The molecule has 7 nitrogen and oxygen atoms in total. The average molecular weight is 299 g/mol. The number of carbonyl (C=O) groups excluding carboxylic acids is 1. The van der Waals surface area contributed by atoms with E-state index in [1.807, 2.05) is 0 Å². The first kappa shape index (κ1) is 16.0. The van der Waals surface area contributed by atoms with Crippen LogP contribution >= 0.6 is 0 Å². The summed E-state index contributed by atoms with van der Waals surface area (Å²) in [5.41, 5.74) is -1.05. The normalized spacial score (nSPS) is 33.1. The Bertz CT molecular complexity index is 417. The lowest BCUT2D eigenvalue weighted by molar-refractivity contribution is -0.148. The van der Waals surface area contributed by atoms with Gasteiger partial charge in [-0.25, -0.2) is 4.79 Å². The minimum atomic E-state index is -1.05. The second kappa shape index (κ2) is 6.19. The van der Waals surface area contributed by atoms with Crippen molar-refractivity contribution < 1.29 is 19.4 Å². The standard InChI is InChI=1S/C14H25N3O4/c1-14(12(18)19)9-21-8-11(14)15-13(20)17(3)7-10-4-5-16(2)6-10/h10-11H,4-9H2,1-3H3,(H,15,20)(H,18,19). The number of hydrogen-bond donors (Lipinski definition) is 2. The number of nitrogens with zero attached hydrogens (tertiary/aromatic N) is 2. The number of carboxylic acid groups (broad SMARTS) is 1. The summed E-state index contributed by atoms with van der Waals surface area (Å²) in [6, 6.07) is -0.719. The summed E-state index contributed by atoms with van der Waals surface area (Å²) in [6.45, 7) is 4.73.